The van der Waals surface area contributed by atoms with Gasteiger partial charge in [0.1, 0.15) is 0 Å². The predicted molar refractivity (Wildman–Crippen MR) is 38.5 cm³/mol. The number of rotatable bonds is 1. The van der Waals surface area contributed by atoms with Gasteiger partial charge in [0.15, 0.2) is 0 Å². The van der Waals surface area contributed by atoms with Crippen LogP contribution in [0, 0.1) is 6.92 Å². The summed E-state index contributed by atoms with van der Waals surface area (Å²) in [5.41, 5.74) is 0. The van der Waals surface area contributed by atoms with E-state index in [0.29, 0.717) is 0 Å². The van der Waals surface area contributed by atoms with Crippen LogP contribution in [0.3, 0.4) is 0 Å². The Balaban J connectivity index is 0. The van der Waals surface area contributed by atoms with E-state index >= 15 is 0 Å². The molecule has 0 aliphatic heterocycles. The van der Waals surface area contributed by atoms with Crippen molar-refractivity contribution in [1.82, 2.24) is 0 Å². The van der Waals surface area contributed by atoms with Crippen LogP contribution in [-0.4, -0.2) is 6.18 Å². The summed E-state index contributed by atoms with van der Waals surface area (Å²) in [6.07, 6.45) is -4.85. The van der Waals surface area contributed by atoms with Crippen LogP contribution < -0.4 is 0 Å². The Kier molecular flexibility index (Phi) is 11.8. The SMILES string of the molecule is [Br][Zn][Br].[CH2]CCC(F)(F)F. The van der Waals surface area contributed by atoms with Crippen LogP contribution in [0.2, 0.25) is 0 Å². The molecule has 0 aromatic carbocycles. The van der Waals surface area contributed by atoms with Crippen molar-refractivity contribution in [3.8, 4) is 0 Å². The monoisotopic (exact) mass is 333 g/mol. The van der Waals surface area contributed by atoms with Gasteiger partial charge in [0.2, 0.25) is 0 Å². The van der Waals surface area contributed by atoms with Gasteiger partial charge in [0, 0.05) is 6.42 Å². The van der Waals surface area contributed by atoms with E-state index in [0.717, 1.165) is 0 Å². The molecule has 0 bridgehead atoms. The topological polar surface area (TPSA) is 0 Å². The fourth-order valence-electron chi connectivity index (χ4n) is 0.200. The Bertz CT molecular complexity index is 66.0. The molecule has 1 radical (unpaired) electrons. The summed E-state index contributed by atoms with van der Waals surface area (Å²) in [6, 6.07) is 0. The molecule has 0 aliphatic carbocycles. The third-order valence-electron chi connectivity index (χ3n) is 0.460. The van der Waals surface area contributed by atoms with Crippen molar-refractivity contribution in [2.24, 2.45) is 0 Å². The molecule has 59 valence electrons. The quantitative estimate of drug-likeness (QED) is 0.638. The third kappa shape index (κ3) is 22.8. The molecule has 0 aromatic rings. The van der Waals surface area contributed by atoms with Crippen LogP contribution in [0.4, 0.5) is 13.2 Å². The molecule has 0 amide bonds. The van der Waals surface area contributed by atoms with Crippen molar-refractivity contribution in [3.63, 3.8) is 0 Å². The standard InChI is InChI=1S/C4H6F3.2BrH.Zn/c1-2-3-4(5,6)7;;;/h1-3H2;2*1H;/q;;;+2/p-2. The van der Waals surface area contributed by atoms with E-state index in [4.69, 9.17) is 0 Å². The van der Waals surface area contributed by atoms with Gasteiger partial charge < -0.3 is 0 Å². The van der Waals surface area contributed by atoms with Crippen molar-refractivity contribution in [2.75, 3.05) is 0 Å². The molecule has 0 rings (SSSR count). The summed E-state index contributed by atoms with van der Waals surface area (Å²) in [7, 11) is 0. The maximum atomic E-state index is 11.0. The molecule has 0 spiro atoms. The maximum absolute atomic E-state index is 11.0. The molecule has 10 heavy (non-hydrogen) atoms. The van der Waals surface area contributed by atoms with E-state index in [9.17, 15) is 13.2 Å². The number of halogens is 5. The van der Waals surface area contributed by atoms with Gasteiger partial charge >= 0.3 is 46.6 Å². The minimum absolute atomic E-state index is 0.0660. The predicted octanol–water partition coefficient (Wildman–Crippen LogP) is 3.85. The Morgan fingerprint density at radius 2 is 1.60 bits per heavy atom. The molecule has 0 atom stereocenters. The van der Waals surface area contributed by atoms with Gasteiger partial charge in [-0.3, -0.25) is 0 Å². The number of hydrogen-bond donors (Lipinski definition) is 0. The van der Waals surface area contributed by atoms with Gasteiger partial charge in [0.25, 0.3) is 0 Å². The smallest absolute Gasteiger partial charge is 0.171 e. The first-order chi connectivity index (χ1) is 4.47. The van der Waals surface area contributed by atoms with Crippen LogP contribution in [0.5, 0.6) is 0 Å². The third-order valence-corrected chi connectivity index (χ3v) is 0.460. The molecule has 0 heterocycles. The Labute approximate surface area is 79.3 Å². The average Bonchev–Trinajstić information content (AvgIpc) is 1.63. The van der Waals surface area contributed by atoms with E-state index < -0.39 is 12.6 Å². The van der Waals surface area contributed by atoms with Gasteiger partial charge in [0.05, 0.1) is 0 Å². The van der Waals surface area contributed by atoms with Crippen LogP contribution in [0.1, 0.15) is 12.8 Å². The normalized spacial score (nSPS) is 9.40. The number of hydrogen-bond acceptors (Lipinski definition) is 0. The van der Waals surface area contributed by atoms with E-state index in [2.05, 4.69) is 34.2 Å². The molecule has 0 saturated heterocycles. The molecule has 6 heteroatoms. The molecule has 0 unspecified atom stereocenters. The average molecular weight is 336 g/mol. The zero-order valence-electron chi connectivity index (χ0n) is 5.22. The summed E-state index contributed by atoms with van der Waals surface area (Å²) >= 11 is 6.25. The summed E-state index contributed by atoms with van der Waals surface area (Å²) in [5.74, 6) is 0. The zero-order valence-corrected chi connectivity index (χ0v) is 11.4. The molecule has 0 fully saturated rings. The van der Waals surface area contributed by atoms with Crippen molar-refractivity contribution >= 4 is 27.2 Å². The first-order valence-corrected chi connectivity index (χ1v) is 16.4. The van der Waals surface area contributed by atoms with Crippen molar-refractivity contribution < 1.29 is 26.4 Å². The van der Waals surface area contributed by atoms with Gasteiger partial charge in [-0.1, -0.05) is 6.92 Å². The van der Waals surface area contributed by atoms with Crippen LogP contribution >= 0.6 is 27.2 Å². The first kappa shape index (κ1) is 13.9. The van der Waals surface area contributed by atoms with Crippen molar-refractivity contribution in [2.45, 2.75) is 19.0 Å². The summed E-state index contributed by atoms with van der Waals surface area (Å²) in [4.78, 5) is 0. The second-order valence-electron chi connectivity index (χ2n) is 1.32. The minimum Gasteiger partial charge on any atom is -0.171 e. The van der Waals surface area contributed by atoms with Gasteiger partial charge in [-0.25, -0.2) is 0 Å². The van der Waals surface area contributed by atoms with E-state index in [1.807, 2.05) is 0 Å². The van der Waals surface area contributed by atoms with Crippen molar-refractivity contribution in [1.29, 1.82) is 0 Å². The van der Waals surface area contributed by atoms with Gasteiger partial charge in [-0.05, 0) is 6.42 Å². The second-order valence-corrected chi connectivity index (χ2v) is 15.4. The fraction of sp³-hybridized carbons (Fsp3) is 0.750. The first-order valence-electron chi connectivity index (χ1n) is 2.46. The van der Waals surface area contributed by atoms with Gasteiger partial charge in [-0.2, -0.15) is 13.2 Å². The largest absolute Gasteiger partial charge is 0.389 e. The Morgan fingerprint density at radius 3 is 1.60 bits per heavy atom. The van der Waals surface area contributed by atoms with Crippen molar-refractivity contribution in [3.05, 3.63) is 6.92 Å². The number of alkyl halides is 3. The van der Waals surface area contributed by atoms with E-state index in [-0.39, 0.29) is 19.6 Å². The van der Waals surface area contributed by atoms with E-state index in [1.165, 1.54) is 0 Å². The molecule has 0 N–H and O–H groups in total. The summed E-state index contributed by atoms with van der Waals surface area (Å²) in [6.45, 7) is 3.05. The minimum atomic E-state index is -4.01. The fourth-order valence-corrected chi connectivity index (χ4v) is 0.200. The molecule has 0 nitrogen and oxygen atoms in total. The molecule has 0 aromatic heterocycles. The van der Waals surface area contributed by atoms with Crippen LogP contribution in [-0.2, 0) is 13.2 Å². The maximum Gasteiger partial charge on any atom is 0.389 e. The molecule has 0 saturated carbocycles. The van der Waals surface area contributed by atoms with Gasteiger partial charge in [-0.15, -0.1) is 0 Å². The zero-order chi connectivity index (χ0) is 8.62. The molecule has 0 aliphatic rings. The van der Waals surface area contributed by atoms with E-state index in [1.54, 1.807) is 0 Å². The summed E-state index contributed by atoms with van der Waals surface area (Å²) < 4.78 is 33.0. The molecular weight excluding hydrogens is 330 g/mol. The summed E-state index contributed by atoms with van der Waals surface area (Å²) in [5, 5.41) is 0. The van der Waals surface area contributed by atoms with Crippen LogP contribution in [0.25, 0.3) is 0 Å². The Morgan fingerprint density at radius 1 is 1.30 bits per heavy atom. The second kappa shape index (κ2) is 8.47. The molecular formula is C4H6Br2F3Zn. The Hall–Kier alpha value is 1.37. The van der Waals surface area contributed by atoms with Crippen LogP contribution in [0.15, 0.2) is 0 Å².